The molecule has 0 aliphatic carbocycles. The van der Waals surface area contributed by atoms with E-state index in [2.05, 4.69) is 15.4 Å². The number of nitrogens with one attached hydrogen (secondary N) is 1. The number of aromatic nitrogens is 3. The molecule has 0 unspecified atom stereocenters. The highest BCUT2D eigenvalue weighted by Gasteiger charge is 2.11. The van der Waals surface area contributed by atoms with Crippen molar-refractivity contribution in [3.05, 3.63) is 74.1 Å². The van der Waals surface area contributed by atoms with Crippen LogP contribution in [0, 0.1) is 6.92 Å². The van der Waals surface area contributed by atoms with Crippen LogP contribution in [-0.2, 0) is 17.8 Å². The summed E-state index contributed by atoms with van der Waals surface area (Å²) in [5.74, 6) is -0.888. The Labute approximate surface area is 158 Å². The number of nitrogens with two attached hydrogens (primary N) is 1. The van der Waals surface area contributed by atoms with Crippen molar-refractivity contribution in [2.75, 3.05) is 5.32 Å². The Hall–Kier alpha value is -3.33. The number of carbonyl (C=O) groups excluding carboxylic acids is 2. The molecule has 1 aromatic carbocycles. The van der Waals surface area contributed by atoms with E-state index in [9.17, 15) is 14.4 Å². The Balaban J connectivity index is 1.65. The van der Waals surface area contributed by atoms with E-state index in [-0.39, 0.29) is 30.1 Å². The van der Waals surface area contributed by atoms with Gasteiger partial charge in [0.1, 0.15) is 10.7 Å². The van der Waals surface area contributed by atoms with Gasteiger partial charge in [-0.05, 0) is 25.1 Å². The van der Waals surface area contributed by atoms with Crippen molar-refractivity contribution in [1.29, 1.82) is 0 Å². The van der Waals surface area contributed by atoms with Crippen molar-refractivity contribution in [3.63, 3.8) is 0 Å². The van der Waals surface area contributed by atoms with E-state index in [1.54, 1.807) is 5.38 Å². The quantitative estimate of drug-likeness (QED) is 0.665. The lowest BCUT2D eigenvalue weighted by Crippen LogP contribution is -2.26. The predicted molar refractivity (Wildman–Crippen MR) is 102 cm³/mol. The summed E-state index contributed by atoms with van der Waals surface area (Å²) in [6.07, 6.45) is 0.127. The molecule has 3 N–H and O–H groups in total. The van der Waals surface area contributed by atoms with Crippen molar-refractivity contribution in [3.8, 4) is 0 Å². The fraction of sp³-hybridized carbons (Fsp3) is 0.167. The molecule has 3 aromatic rings. The second kappa shape index (κ2) is 7.92. The van der Waals surface area contributed by atoms with Crippen LogP contribution in [0.15, 0.2) is 46.6 Å². The van der Waals surface area contributed by atoms with Gasteiger partial charge in [0.05, 0.1) is 18.7 Å². The summed E-state index contributed by atoms with van der Waals surface area (Å²) in [7, 11) is 0. The number of anilines is 1. The first-order valence-electron chi connectivity index (χ1n) is 8.08. The van der Waals surface area contributed by atoms with Gasteiger partial charge in [-0.3, -0.25) is 14.4 Å². The van der Waals surface area contributed by atoms with Crippen LogP contribution in [-0.4, -0.2) is 26.6 Å². The lowest BCUT2D eigenvalue weighted by molar-refractivity contribution is -0.115. The minimum atomic E-state index is -0.713. The number of hydrogen-bond acceptors (Lipinski definition) is 6. The molecule has 8 nitrogen and oxygen atoms in total. The van der Waals surface area contributed by atoms with Crippen molar-refractivity contribution >= 4 is 28.8 Å². The van der Waals surface area contributed by atoms with E-state index >= 15 is 0 Å². The van der Waals surface area contributed by atoms with Crippen LogP contribution in [0.5, 0.6) is 0 Å². The second-order valence-electron chi connectivity index (χ2n) is 5.90. The standard InChI is InChI=1S/C18H17N5O3S/c1-11-2-4-12(5-3-11)20-15(24)8-16-21-13(10-27-16)9-23-17(25)7-6-14(22-23)18(19)26/h2-7,10H,8-9H2,1H3,(H2,19,26)(H,20,24). The van der Waals surface area contributed by atoms with Crippen LogP contribution >= 0.6 is 11.3 Å². The molecule has 0 aliphatic rings. The number of rotatable bonds is 6. The first kappa shape index (κ1) is 18.5. The summed E-state index contributed by atoms with van der Waals surface area (Å²) in [6, 6.07) is 10.0. The van der Waals surface area contributed by atoms with Gasteiger partial charge in [-0.15, -0.1) is 11.3 Å². The third kappa shape index (κ3) is 4.85. The summed E-state index contributed by atoms with van der Waals surface area (Å²) >= 11 is 1.32. The van der Waals surface area contributed by atoms with Crippen molar-refractivity contribution in [1.82, 2.24) is 14.8 Å². The summed E-state index contributed by atoms with van der Waals surface area (Å²) in [5.41, 5.74) is 7.23. The summed E-state index contributed by atoms with van der Waals surface area (Å²) in [5, 5.41) is 9.10. The third-order valence-electron chi connectivity index (χ3n) is 3.68. The molecule has 2 aromatic heterocycles. The zero-order valence-electron chi connectivity index (χ0n) is 14.5. The molecule has 0 saturated heterocycles. The zero-order chi connectivity index (χ0) is 19.4. The Kier molecular flexibility index (Phi) is 5.41. The van der Waals surface area contributed by atoms with Gasteiger partial charge in [0.15, 0.2) is 0 Å². The lowest BCUT2D eigenvalue weighted by Gasteiger charge is -2.04. The molecule has 27 heavy (non-hydrogen) atoms. The first-order chi connectivity index (χ1) is 12.9. The lowest BCUT2D eigenvalue weighted by atomic mass is 10.2. The molecule has 0 atom stereocenters. The van der Waals surface area contributed by atoms with Crippen LogP contribution in [0.1, 0.15) is 26.8 Å². The van der Waals surface area contributed by atoms with Gasteiger partial charge in [-0.1, -0.05) is 17.7 Å². The highest BCUT2D eigenvalue weighted by molar-refractivity contribution is 7.09. The monoisotopic (exact) mass is 383 g/mol. The van der Waals surface area contributed by atoms with E-state index in [0.717, 1.165) is 15.9 Å². The Morgan fingerprint density at radius 3 is 2.63 bits per heavy atom. The van der Waals surface area contributed by atoms with Gasteiger partial charge in [0.25, 0.3) is 11.5 Å². The third-order valence-corrected chi connectivity index (χ3v) is 4.57. The van der Waals surface area contributed by atoms with Gasteiger partial charge >= 0.3 is 0 Å². The van der Waals surface area contributed by atoms with E-state index in [1.165, 1.54) is 23.5 Å². The van der Waals surface area contributed by atoms with Crippen LogP contribution in [0.2, 0.25) is 0 Å². The maximum Gasteiger partial charge on any atom is 0.269 e. The zero-order valence-corrected chi connectivity index (χ0v) is 15.3. The number of primary amides is 1. The summed E-state index contributed by atoms with van der Waals surface area (Å²) in [4.78, 5) is 39.6. The van der Waals surface area contributed by atoms with Gasteiger partial charge in [0, 0.05) is 17.1 Å². The molecular weight excluding hydrogens is 366 g/mol. The number of aryl methyl sites for hydroxylation is 1. The van der Waals surface area contributed by atoms with Crippen LogP contribution in [0.3, 0.4) is 0 Å². The number of thiazole rings is 1. The predicted octanol–water partition coefficient (Wildman–Crippen LogP) is 1.34. The fourth-order valence-electron chi connectivity index (χ4n) is 2.33. The van der Waals surface area contributed by atoms with Gasteiger partial charge in [-0.25, -0.2) is 9.67 Å². The molecule has 2 amide bonds. The largest absolute Gasteiger partial charge is 0.364 e. The molecule has 2 heterocycles. The molecule has 0 bridgehead atoms. The van der Waals surface area contributed by atoms with Crippen LogP contribution in [0.25, 0.3) is 0 Å². The Morgan fingerprint density at radius 1 is 1.19 bits per heavy atom. The second-order valence-corrected chi connectivity index (χ2v) is 6.84. The maximum atomic E-state index is 12.1. The number of hydrogen-bond donors (Lipinski definition) is 2. The fourth-order valence-corrected chi connectivity index (χ4v) is 3.11. The summed E-state index contributed by atoms with van der Waals surface area (Å²) in [6.45, 7) is 2.07. The van der Waals surface area contributed by atoms with Gasteiger partial charge in [0.2, 0.25) is 5.91 Å². The topological polar surface area (TPSA) is 120 Å². The van der Waals surface area contributed by atoms with E-state index in [0.29, 0.717) is 10.7 Å². The molecule has 0 radical (unpaired) electrons. The maximum absolute atomic E-state index is 12.1. The molecule has 0 fully saturated rings. The Morgan fingerprint density at radius 2 is 1.93 bits per heavy atom. The average molecular weight is 383 g/mol. The molecule has 9 heteroatoms. The Bertz CT molecular complexity index is 1040. The molecule has 0 saturated carbocycles. The average Bonchev–Trinajstić information content (AvgIpc) is 3.05. The first-order valence-corrected chi connectivity index (χ1v) is 8.96. The van der Waals surface area contributed by atoms with E-state index < -0.39 is 5.91 Å². The SMILES string of the molecule is Cc1ccc(NC(=O)Cc2nc(Cn3nc(C(N)=O)ccc3=O)cs2)cc1. The minimum Gasteiger partial charge on any atom is -0.364 e. The molecule has 138 valence electrons. The highest BCUT2D eigenvalue weighted by Crippen LogP contribution is 2.13. The minimum absolute atomic E-state index is 0.00234. The highest BCUT2D eigenvalue weighted by atomic mass is 32.1. The van der Waals surface area contributed by atoms with E-state index in [4.69, 9.17) is 5.73 Å². The van der Waals surface area contributed by atoms with Crippen molar-refractivity contribution in [2.45, 2.75) is 19.9 Å². The summed E-state index contributed by atoms with van der Waals surface area (Å²) < 4.78 is 1.12. The number of amides is 2. The molecule has 0 aliphatic heterocycles. The van der Waals surface area contributed by atoms with Gasteiger partial charge in [-0.2, -0.15) is 5.10 Å². The normalized spacial score (nSPS) is 10.6. The van der Waals surface area contributed by atoms with Crippen molar-refractivity contribution < 1.29 is 9.59 Å². The number of nitrogens with zero attached hydrogens (tertiary/aromatic N) is 3. The number of carbonyl (C=O) groups is 2. The van der Waals surface area contributed by atoms with E-state index in [1.807, 2.05) is 31.2 Å². The molecule has 3 rings (SSSR count). The number of benzene rings is 1. The van der Waals surface area contributed by atoms with Crippen LogP contribution in [0.4, 0.5) is 5.69 Å². The van der Waals surface area contributed by atoms with Crippen LogP contribution < -0.4 is 16.6 Å². The van der Waals surface area contributed by atoms with Crippen molar-refractivity contribution in [2.24, 2.45) is 5.73 Å². The molecular formula is C18H17N5O3S. The molecule has 0 spiro atoms. The smallest absolute Gasteiger partial charge is 0.269 e. The van der Waals surface area contributed by atoms with Gasteiger partial charge < -0.3 is 11.1 Å².